The lowest BCUT2D eigenvalue weighted by Gasteiger charge is -2.19. The van der Waals surface area contributed by atoms with Crippen LogP contribution in [0.25, 0.3) is 0 Å². The lowest BCUT2D eigenvalue weighted by atomic mass is 9.87. The summed E-state index contributed by atoms with van der Waals surface area (Å²) in [5.41, 5.74) is 16.0. The zero-order chi connectivity index (χ0) is 42.9. The fourth-order valence-electron chi connectivity index (χ4n) is 6.91. The van der Waals surface area contributed by atoms with Gasteiger partial charge in [0.2, 0.25) is 0 Å². The molecule has 0 fully saturated rings. The zero-order valence-electron chi connectivity index (χ0n) is 36.3. The summed E-state index contributed by atoms with van der Waals surface area (Å²) < 4.78 is 12.8. The molecule has 0 aliphatic heterocycles. The van der Waals surface area contributed by atoms with Gasteiger partial charge in [0, 0.05) is 35.0 Å². The van der Waals surface area contributed by atoms with Crippen LogP contribution in [0.15, 0.2) is 28.9 Å². The number of aryl methyl sites for hydroxylation is 6. The number of rotatable bonds is 10. The molecule has 6 rings (SSSR count). The van der Waals surface area contributed by atoms with Gasteiger partial charge < -0.3 is 18.7 Å². The van der Waals surface area contributed by atoms with E-state index in [9.17, 15) is 9.59 Å². The lowest BCUT2D eigenvalue weighted by molar-refractivity contribution is 0.127. The molecule has 0 saturated heterocycles. The first-order valence-corrected chi connectivity index (χ1v) is 20.4. The third kappa shape index (κ3) is 9.92. The Morgan fingerprint density at radius 2 is 0.783 bits per heavy atom. The number of hydrogen-bond acceptors (Lipinski definition) is 14. The van der Waals surface area contributed by atoms with Gasteiger partial charge in [-0.3, -0.25) is 0 Å². The molecule has 0 amide bonds. The third-order valence-electron chi connectivity index (χ3n) is 11.0. The van der Waals surface area contributed by atoms with E-state index in [2.05, 4.69) is 71.8 Å². The van der Waals surface area contributed by atoms with Gasteiger partial charge in [-0.05, 0) is 153 Å². The Bertz CT molecular complexity index is 2460. The molecular weight excluding hydrogens is 801 g/mol. The molecule has 14 nitrogen and oxygen atoms in total. The van der Waals surface area contributed by atoms with E-state index in [1.165, 1.54) is 42.9 Å². The van der Waals surface area contributed by atoms with Crippen LogP contribution in [-0.4, -0.2) is 40.8 Å². The Labute approximate surface area is 361 Å². The van der Waals surface area contributed by atoms with Crippen LogP contribution in [0.4, 0.5) is 0 Å². The van der Waals surface area contributed by atoms with Crippen molar-refractivity contribution >= 4 is 34.1 Å². The average molecular weight is 861 g/mol. The van der Waals surface area contributed by atoms with Gasteiger partial charge in [0.15, 0.2) is 36.3 Å². The summed E-state index contributed by atoms with van der Waals surface area (Å²) in [7, 11) is 3.26. The second-order valence-electron chi connectivity index (χ2n) is 14.5. The van der Waals surface area contributed by atoms with Crippen molar-refractivity contribution in [1.82, 2.24) is 29.4 Å². The summed E-state index contributed by atoms with van der Waals surface area (Å²) in [4.78, 5) is 54.1. The number of benzene rings is 2. The van der Waals surface area contributed by atoms with E-state index in [0.717, 1.165) is 64.5 Å². The number of aromatic nitrogens is 6. The molecule has 2 aromatic carbocycles. The fraction of sp³-hybridized carbons (Fsp3) is 0.455. The maximum absolute atomic E-state index is 11.7. The van der Waals surface area contributed by atoms with Gasteiger partial charge in [0.05, 0.1) is 21.4 Å². The maximum Gasteiger partial charge on any atom is 0.460 e. The van der Waals surface area contributed by atoms with Crippen molar-refractivity contribution in [3.8, 4) is 0 Å². The summed E-state index contributed by atoms with van der Waals surface area (Å²) in [5.74, 6) is -0.681. The van der Waals surface area contributed by atoms with E-state index in [4.69, 9.17) is 18.7 Å². The van der Waals surface area contributed by atoms with Crippen molar-refractivity contribution in [2.45, 2.75) is 125 Å². The Kier molecular flexibility index (Phi) is 16.1. The minimum absolute atomic E-state index is 0. The van der Waals surface area contributed by atoms with E-state index in [-0.39, 0.29) is 28.1 Å². The first-order valence-electron chi connectivity index (χ1n) is 18.7. The summed E-state index contributed by atoms with van der Waals surface area (Å²) in [6, 6.07) is 0. The van der Waals surface area contributed by atoms with Crippen LogP contribution in [0, 0.1) is 96.9 Å². The number of nitrogens with zero attached hydrogens (tertiary/aromatic N) is 8. The van der Waals surface area contributed by atoms with Crippen LogP contribution < -0.4 is 11.5 Å². The monoisotopic (exact) mass is 860 g/mol. The smallest absolute Gasteiger partial charge is 0.389 e. The highest BCUT2D eigenvalue weighted by Crippen LogP contribution is 2.30. The van der Waals surface area contributed by atoms with Crippen LogP contribution in [0.3, 0.4) is 0 Å². The van der Waals surface area contributed by atoms with Gasteiger partial charge in [-0.2, -0.15) is 19.4 Å². The highest BCUT2D eigenvalue weighted by atomic mass is 32.1. The predicted octanol–water partition coefficient (Wildman–Crippen LogP) is 9.19. The first-order chi connectivity index (χ1) is 27.2. The minimum Gasteiger partial charge on any atom is -0.389 e. The standard InChI is InChI=1S/2C21H26N4O3S.2CH4/c2*1-10-11(2)13(4)18(14(5)12(10)3)19(20-23-21(26)28-25(20)8)24-27-9-17-15(6)29-16(7)22-17;;/h2*9H2,1-8H3;2*1H4. The molecule has 0 spiro atoms. The Morgan fingerprint density at radius 3 is 1.02 bits per heavy atom. The van der Waals surface area contributed by atoms with Gasteiger partial charge in [0.25, 0.3) is 0 Å². The Hall–Kier alpha value is -5.48. The minimum atomic E-state index is -0.669. The van der Waals surface area contributed by atoms with Crippen LogP contribution in [-0.2, 0) is 37.0 Å². The van der Waals surface area contributed by atoms with E-state index in [0.29, 0.717) is 23.1 Å². The average Bonchev–Trinajstić information content (AvgIpc) is 3.89. The molecule has 6 aromatic rings. The highest BCUT2D eigenvalue weighted by molar-refractivity contribution is 7.11. The second-order valence-corrected chi connectivity index (χ2v) is 17.3. The SMILES string of the molecule is C.C.Cc1nc(CON=C(c2c(C)c(C)c(C)c(C)c2C)c2nc(=O)on2C)c(C)s1.Cc1nc(CON=C(c2c(C)c(C)c(C)c(C)c2C)c2nc(=O)on2C)c(C)s1. The van der Waals surface area contributed by atoms with Gasteiger partial charge in [-0.1, -0.05) is 25.2 Å². The van der Waals surface area contributed by atoms with E-state index < -0.39 is 11.5 Å². The number of oxime groups is 2. The predicted molar refractivity (Wildman–Crippen MR) is 241 cm³/mol. The lowest BCUT2D eigenvalue weighted by Crippen LogP contribution is -2.17. The summed E-state index contributed by atoms with van der Waals surface area (Å²) in [5, 5.41) is 10.8. The van der Waals surface area contributed by atoms with Gasteiger partial charge in [0.1, 0.15) is 0 Å². The molecule has 0 aliphatic rings. The van der Waals surface area contributed by atoms with E-state index >= 15 is 0 Å². The first kappa shape index (κ1) is 48.9. The maximum atomic E-state index is 11.7. The van der Waals surface area contributed by atoms with Gasteiger partial charge in [-0.25, -0.2) is 19.6 Å². The topological polar surface area (TPSA) is 165 Å². The molecule has 0 atom stereocenters. The van der Waals surface area contributed by atoms with Gasteiger partial charge in [-0.15, -0.1) is 22.7 Å². The fourth-order valence-corrected chi connectivity index (χ4v) is 8.56. The molecule has 0 unspecified atom stereocenters. The molecule has 324 valence electrons. The summed E-state index contributed by atoms with van der Waals surface area (Å²) in [6.45, 7) is 29.2. The van der Waals surface area contributed by atoms with Crippen molar-refractivity contribution in [2.24, 2.45) is 24.4 Å². The Balaban J connectivity index is 0.000000310. The third-order valence-corrected chi connectivity index (χ3v) is 12.9. The van der Waals surface area contributed by atoms with Crippen molar-refractivity contribution < 1.29 is 18.7 Å². The molecular formula is C44H60N8O6S2. The van der Waals surface area contributed by atoms with E-state index in [1.807, 2.05) is 55.4 Å². The van der Waals surface area contributed by atoms with Crippen molar-refractivity contribution in [1.29, 1.82) is 0 Å². The normalized spacial score (nSPS) is 11.5. The molecule has 60 heavy (non-hydrogen) atoms. The molecule has 0 aliphatic carbocycles. The Morgan fingerprint density at radius 1 is 0.500 bits per heavy atom. The molecule has 0 radical (unpaired) electrons. The van der Waals surface area contributed by atoms with Crippen molar-refractivity contribution in [3.05, 3.63) is 131 Å². The summed E-state index contributed by atoms with van der Waals surface area (Å²) in [6.07, 6.45) is 0. The molecule has 0 saturated carbocycles. The molecule has 0 bridgehead atoms. The van der Waals surface area contributed by atoms with Crippen molar-refractivity contribution in [3.63, 3.8) is 0 Å². The van der Waals surface area contributed by atoms with Crippen molar-refractivity contribution in [2.75, 3.05) is 0 Å². The van der Waals surface area contributed by atoms with E-state index in [1.54, 1.807) is 36.8 Å². The molecule has 16 heteroatoms. The molecule has 4 heterocycles. The van der Waals surface area contributed by atoms with Crippen LogP contribution in [0.5, 0.6) is 0 Å². The zero-order valence-corrected chi connectivity index (χ0v) is 37.9. The summed E-state index contributed by atoms with van der Waals surface area (Å²) >= 11 is 3.25. The highest BCUT2D eigenvalue weighted by Gasteiger charge is 2.25. The second kappa shape index (κ2) is 19.7. The largest absolute Gasteiger partial charge is 0.460 e. The molecule has 4 aromatic heterocycles. The van der Waals surface area contributed by atoms with Crippen LogP contribution >= 0.6 is 22.7 Å². The van der Waals surface area contributed by atoms with Crippen LogP contribution in [0.2, 0.25) is 0 Å². The number of thiazole rings is 2. The quantitative estimate of drug-likeness (QED) is 0.0958. The number of hydrogen-bond donors (Lipinski definition) is 0. The van der Waals surface area contributed by atoms with Crippen LogP contribution in [0.1, 0.15) is 124 Å². The molecule has 0 N–H and O–H groups in total. The van der Waals surface area contributed by atoms with Gasteiger partial charge >= 0.3 is 11.5 Å².